The van der Waals surface area contributed by atoms with Gasteiger partial charge in [-0.2, -0.15) is 0 Å². The first-order valence-electron chi connectivity index (χ1n) is 17.3. The molecule has 0 bridgehead atoms. The summed E-state index contributed by atoms with van der Waals surface area (Å²) in [7, 11) is 0. The Kier molecular flexibility index (Phi) is 14.8. The van der Waals surface area contributed by atoms with Gasteiger partial charge >= 0.3 is 0 Å². The monoisotopic (exact) mass is 780 g/mol. The predicted molar refractivity (Wildman–Crippen MR) is 162 cm³/mol. The molecule has 5 fully saturated rings. The third kappa shape index (κ3) is 8.82. The molecule has 23 nitrogen and oxygen atoms in total. The maximum absolute atomic E-state index is 11.0. The van der Waals surface area contributed by atoms with Crippen LogP contribution in [0.3, 0.4) is 0 Å². The Morgan fingerprint density at radius 3 is 1.26 bits per heavy atom. The molecule has 15 N–H and O–H groups in total. The van der Waals surface area contributed by atoms with Crippen molar-refractivity contribution >= 4 is 0 Å². The summed E-state index contributed by atoms with van der Waals surface area (Å²) in [5, 5.41) is 155. The second kappa shape index (κ2) is 18.1. The fourth-order valence-corrected chi connectivity index (χ4v) is 7.15. The predicted octanol–water partition coefficient (Wildman–Crippen LogP) is -9.45. The van der Waals surface area contributed by atoms with Gasteiger partial charge in [-0.1, -0.05) is 0 Å². The quantitative estimate of drug-likeness (QED) is 0.0925. The SMILES string of the molecule is C[C@@H]1O[C@H](O)[C@H](O)[C@H](O)[C@H]1O[C@@H]1CC[C@@H](O[C@H]2O[C@@H](CO)[C@H](O[C@@H]3O[C@H](CO)[C@@H](O[C@@H]4O[C@H](CO)[C@@H](O)[C@H](O)[C@@H]4O)[C@H](O)[C@@H]3O)[C@@H](O)[C@@H]2O)[C@H](O)[C@@H]1O. The standard InChI is InChI=1S/C30H52O23/c1-7-24(17(38)20(41)27(45)46-7)47-8-2-3-9(14(35)13(8)34)48-28-22(43)18(39)25(11(5-32)50-28)53-30-23(44)19(40)26(12(6-33)51-30)52-29-21(42)16(37)15(36)10(4-31)49-29/h7-45H,2-6H2,1H3/t7-,8+,9+,10+,11-,12+,13+,14-,15+,16-,17-,18-,19+,20+,21-,22-,23-,24-,25-,26+,27-,28-,29-,30-/m0/s1. The zero-order valence-electron chi connectivity index (χ0n) is 28.4. The molecule has 4 saturated heterocycles. The van der Waals surface area contributed by atoms with Crippen LogP contribution in [-0.2, 0) is 37.9 Å². The number of aliphatic hydroxyl groups excluding tert-OH is 15. The van der Waals surface area contributed by atoms with Gasteiger partial charge in [-0.3, -0.25) is 0 Å². The Balaban J connectivity index is 1.18. The summed E-state index contributed by atoms with van der Waals surface area (Å²) in [6.45, 7) is -1.08. The van der Waals surface area contributed by atoms with Crippen molar-refractivity contribution in [1.82, 2.24) is 0 Å². The average molecular weight is 781 g/mol. The zero-order chi connectivity index (χ0) is 39.0. The minimum Gasteiger partial charge on any atom is -0.394 e. The summed E-state index contributed by atoms with van der Waals surface area (Å²) in [6, 6.07) is 0. The van der Waals surface area contributed by atoms with E-state index in [1.165, 1.54) is 6.92 Å². The van der Waals surface area contributed by atoms with Crippen molar-refractivity contribution in [2.75, 3.05) is 19.8 Å². The highest BCUT2D eigenvalue weighted by atomic mass is 16.8. The molecule has 4 aliphatic heterocycles. The Bertz CT molecular complexity index is 1140. The van der Waals surface area contributed by atoms with E-state index in [2.05, 4.69) is 0 Å². The number of hydrogen-bond donors (Lipinski definition) is 15. The Hall–Kier alpha value is -0.920. The van der Waals surface area contributed by atoms with E-state index in [1.54, 1.807) is 0 Å². The van der Waals surface area contributed by atoms with Crippen LogP contribution in [-0.4, -0.2) is 244 Å². The van der Waals surface area contributed by atoms with E-state index in [4.69, 9.17) is 37.9 Å². The van der Waals surface area contributed by atoms with Gasteiger partial charge < -0.3 is 114 Å². The highest BCUT2D eigenvalue weighted by molar-refractivity contribution is 4.98. The van der Waals surface area contributed by atoms with Crippen LogP contribution in [0.2, 0.25) is 0 Å². The van der Waals surface area contributed by atoms with Crippen LogP contribution in [0.15, 0.2) is 0 Å². The van der Waals surface area contributed by atoms with Crippen molar-refractivity contribution in [3.63, 3.8) is 0 Å². The minimum absolute atomic E-state index is 0.0182. The second-order valence-corrected chi connectivity index (χ2v) is 13.9. The first-order valence-corrected chi connectivity index (χ1v) is 17.3. The van der Waals surface area contributed by atoms with E-state index >= 15 is 0 Å². The summed E-state index contributed by atoms with van der Waals surface area (Å²) >= 11 is 0. The topological polar surface area (TPSA) is 377 Å². The maximum atomic E-state index is 11.0. The number of rotatable bonds is 11. The molecule has 1 saturated carbocycles. The smallest absolute Gasteiger partial charge is 0.187 e. The van der Waals surface area contributed by atoms with Gasteiger partial charge in [0.2, 0.25) is 0 Å². The van der Waals surface area contributed by atoms with Crippen molar-refractivity contribution in [2.24, 2.45) is 0 Å². The molecule has 24 atom stereocenters. The Morgan fingerprint density at radius 1 is 0.396 bits per heavy atom. The van der Waals surface area contributed by atoms with Crippen molar-refractivity contribution < 1.29 is 114 Å². The van der Waals surface area contributed by atoms with Crippen LogP contribution in [0.1, 0.15) is 19.8 Å². The molecule has 0 spiro atoms. The molecule has 310 valence electrons. The molecule has 0 aromatic carbocycles. The molecule has 5 rings (SSSR count). The molecule has 5 aliphatic rings. The summed E-state index contributed by atoms with van der Waals surface area (Å²) in [6.07, 6.45) is -39.0. The van der Waals surface area contributed by atoms with E-state index in [-0.39, 0.29) is 12.8 Å². The van der Waals surface area contributed by atoms with Crippen molar-refractivity contribution in [3.8, 4) is 0 Å². The normalized spacial score (nSPS) is 54.1. The van der Waals surface area contributed by atoms with E-state index < -0.39 is 167 Å². The summed E-state index contributed by atoms with van der Waals surface area (Å²) in [4.78, 5) is 0. The summed E-state index contributed by atoms with van der Waals surface area (Å²) in [5.41, 5.74) is 0. The van der Waals surface area contributed by atoms with E-state index in [0.29, 0.717) is 0 Å². The molecular weight excluding hydrogens is 728 g/mol. The van der Waals surface area contributed by atoms with Gasteiger partial charge in [0.15, 0.2) is 25.2 Å². The van der Waals surface area contributed by atoms with Crippen LogP contribution in [0.25, 0.3) is 0 Å². The van der Waals surface area contributed by atoms with Crippen LogP contribution in [0.5, 0.6) is 0 Å². The highest BCUT2D eigenvalue weighted by Gasteiger charge is 2.55. The molecule has 0 aromatic rings. The lowest BCUT2D eigenvalue weighted by Gasteiger charge is -2.48. The first kappa shape index (κ1) is 43.2. The average Bonchev–Trinajstić information content (AvgIpc) is 3.14. The lowest BCUT2D eigenvalue weighted by atomic mass is 9.88. The van der Waals surface area contributed by atoms with Gasteiger partial charge in [0.25, 0.3) is 0 Å². The number of ether oxygens (including phenoxy) is 8. The Morgan fingerprint density at radius 2 is 0.792 bits per heavy atom. The van der Waals surface area contributed by atoms with Crippen LogP contribution >= 0.6 is 0 Å². The molecule has 4 heterocycles. The third-order valence-corrected chi connectivity index (χ3v) is 10.4. The molecule has 0 aromatic heterocycles. The summed E-state index contributed by atoms with van der Waals surface area (Å²) in [5.74, 6) is 0. The fraction of sp³-hybridized carbons (Fsp3) is 1.00. The second-order valence-electron chi connectivity index (χ2n) is 13.9. The molecular formula is C30H52O23. The number of aliphatic hydroxyl groups is 15. The van der Waals surface area contributed by atoms with Crippen molar-refractivity contribution in [2.45, 2.75) is 167 Å². The number of hydrogen-bond acceptors (Lipinski definition) is 23. The largest absolute Gasteiger partial charge is 0.394 e. The van der Waals surface area contributed by atoms with Crippen LogP contribution in [0.4, 0.5) is 0 Å². The van der Waals surface area contributed by atoms with E-state index in [9.17, 15) is 76.6 Å². The van der Waals surface area contributed by atoms with Gasteiger partial charge in [-0.05, 0) is 19.8 Å². The fourth-order valence-electron chi connectivity index (χ4n) is 7.15. The summed E-state index contributed by atoms with van der Waals surface area (Å²) < 4.78 is 44.2. The lowest BCUT2D eigenvalue weighted by molar-refractivity contribution is -0.382. The van der Waals surface area contributed by atoms with Crippen molar-refractivity contribution in [1.29, 1.82) is 0 Å². The zero-order valence-corrected chi connectivity index (χ0v) is 28.4. The van der Waals surface area contributed by atoms with E-state index in [1.807, 2.05) is 0 Å². The molecule has 53 heavy (non-hydrogen) atoms. The van der Waals surface area contributed by atoms with Gasteiger partial charge in [-0.25, -0.2) is 0 Å². The Labute approximate surface area is 301 Å². The highest BCUT2D eigenvalue weighted by Crippen LogP contribution is 2.35. The van der Waals surface area contributed by atoms with E-state index in [0.717, 1.165) is 0 Å². The molecule has 0 unspecified atom stereocenters. The molecule has 1 aliphatic carbocycles. The maximum Gasteiger partial charge on any atom is 0.187 e. The first-order chi connectivity index (χ1) is 25.0. The molecule has 23 heteroatoms. The van der Waals surface area contributed by atoms with Gasteiger partial charge in [0.1, 0.15) is 104 Å². The van der Waals surface area contributed by atoms with Crippen LogP contribution < -0.4 is 0 Å². The third-order valence-electron chi connectivity index (χ3n) is 10.4. The molecule has 0 radical (unpaired) electrons. The minimum atomic E-state index is -2.02. The van der Waals surface area contributed by atoms with Gasteiger partial charge in [0.05, 0.1) is 38.1 Å². The van der Waals surface area contributed by atoms with Gasteiger partial charge in [0, 0.05) is 0 Å². The molecule has 0 amide bonds. The van der Waals surface area contributed by atoms with Gasteiger partial charge in [-0.15, -0.1) is 0 Å². The van der Waals surface area contributed by atoms with Crippen molar-refractivity contribution in [3.05, 3.63) is 0 Å². The lowest BCUT2D eigenvalue weighted by Crippen LogP contribution is -2.67. The van der Waals surface area contributed by atoms with Crippen LogP contribution in [0, 0.1) is 0 Å².